The molecule has 0 spiro atoms. The summed E-state index contributed by atoms with van der Waals surface area (Å²) < 4.78 is 5.31. The standard InChI is InChI=1S/C23H32N4O5S.CH4/c1-7-16-13-33-21(24-16)18(12-15-8-10-17(11-9-15)27(30)31)25-20(28)19(14(2)3)26-22(29)32-23(4,5)6;/h8-11,13-14,18-19H,7,12H2,1-6H3,(H,25,28)(H,26,29);1H4/t18-,19?;/m0./s1. The molecular weight excluding hydrogens is 456 g/mol. The maximum atomic E-state index is 13.2. The second-order valence-corrected chi connectivity index (χ2v) is 9.98. The molecule has 2 aromatic rings. The van der Waals surface area contributed by atoms with E-state index >= 15 is 0 Å². The number of alkyl carbamates (subject to hydrolysis) is 1. The van der Waals surface area contributed by atoms with Crippen LogP contribution in [0.15, 0.2) is 29.6 Å². The van der Waals surface area contributed by atoms with Gasteiger partial charge in [0, 0.05) is 17.5 Å². The molecule has 0 saturated carbocycles. The summed E-state index contributed by atoms with van der Waals surface area (Å²) in [6, 6.07) is 4.97. The highest BCUT2D eigenvalue weighted by Gasteiger charge is 2.29. The first-order chi connectivity index (χ1) is 15.4. The molecule has 0 radical (unpaired) electrons. The first-order valence-corrected chi connectivity index (χ1v) is 11.7. The van der Waals surface area contributed by atoms with Crippen molar-refractivity contribution in [2.45, 2.75) is 79.5 Å². The van der Waals surface area contributed by atoms with Crippen LogP contribution < -0.4 is 10.6 Å². The topological polar surface area (TPSA) is 123 Å². The summed E-state index contributed by atoms with van der Waals surface area (Å²) in [5, 5.41) is 19.3. The van der Waals surface area contributed by atoms with Crippen molar-refractivity contribution in [2.75, 3.05) is 0 Å². The van der Waals surface area contributed by atoms with E-state index in [1.54, 1.807) is 32.9 Å². The Balaban J connectivity index is 0.00000578. The number of aromatic nitrogens is 1. The van der Waals surface area contributed by atoms with Crippen LogP contribution in [0, 0.1) is 16.0 Å². The first kappa shape index (κ1) is 29.0. The molecule has 0 aliphatic carbocycles. The van der Waals surface area contributed by atoms with E-state index in [1.807, 2.05) is 26.2 Å². The van der Waals surface area contributed by atoms with Gasteiger partial charge < -0.3 is 15.4 Å². The van der Waals surface area contributed by atoms with Crippen molar-refractivity contribution in [3.8, 4) is 0 Å². The monoisotopic (exact) mass is 492 g/mol. The van der Waals surface area contributed by atoms with Crippen molar-refractivity contribution in [3.63, 3.8) is 0 Å². The number of hydrogen-bond acceptors (Lipinski definition) is 7. The lowest BCUT2D eigenvalue weighted by atomic mass is 10.0. The number of nitrogens with one attached hydrogen (secondary N) is 2. The minimum atomic E-state index is -0.801. The summed E-state index contributed by atoms with van der Waals surface area (Å²) in [4.78, 5) is 40.6. The minimum absolute atomic E-state index is 0. The molecule has 2 rings (SSSR count). The maximum Gasteiger partial charge on any atom is 0.408 e. The molecule has 34 heavy (non-hydrogen) atoms. The predicted octanol–water partition coefficient (Wildman–Crippen LogP) is 5.20. The fourth-order valence-electron chi connectivity index (χ4n) is 3.07. The second-order valence-electron chi connectivity index (χ2n) is 9.09. The zero-order valence-corrected chi connectivity index (χ0v) is 20.7. The van der Waals surface area contributed by atoms with Gasteiger partial charge in [-0.25, -0.2) is 9.78 Å². The largest absolute Gasteiger partial charge is 0.444 e. The number of thiazole rings is 1. The number of rotatable bonds is 9. The highest BCUT2D eigenvalue weighted by atomic mass is 32.1. The second kappa shape index (κ2) is 12.5. The number of nitro groups is 1. The molecular formula is C24H36N4O5S. The lowest BCUT2D eigenvalue weighted by molar-refractivity contribution is -0.384. The number of nitrogens with zero attached hydrogens (tertiary/aromatic N) is 2. The van der Waals surface area contributed by atoms with E-state index in [4.69, 9.17) is 4.74 Å². The van der Waals surface area contributed by atoms with Crippen LogP contribution >= 0.6 is 11.3 Å². The molecule has 1 aromatic carbocycles. The number of carbonyl (C=O) groups excluding carboxylic acids is 2. The molecule has 0 fully saturated rings. The molecule has 1 aromatic heterocycles. The van der Waals surface area contributed by atoms with E-state index < -0.39 is 28.7 Å². The Kier molecular flexibility index (Phi) is 10.6. The van der Waals surface area contributed by atoms with Gasteiger partial charge in [-0.15, -0.1) is 11.3 Å². The minimum Gasteiger partial charge on any atom is -0.444 e. The van der Waals surface area contributed by atoms with Gasteiger partial charge in [0.05, 0.1) is 16.7 Å². The predicted molar refractivity (Wildman–Crippen MR) is 134 cm³/mol. The van der Waals surface area contributed by atoms with E-state index in [1.165, 1.54) is 23.5 Å². The maximum absolute atomic E-state index is 13.2. The third-order valence-electron chi connectivity index (χ3n) is 4.75. The Hall–Kier alpha value is -3.01. The quantitative estimate of drug-likeness (QED) is 0.366. The fraction of sp³-hybridized carbons (Fsp3) is 0.542. The van der Waals surface area contributed by atoms with Gasteiger partial charge in [0.25, 0.3) is 5.69 Å². The average Bonchev–Trinajstić information content (AvgIpc) is 3.19. The molecule has 0 aliphatic rings. The van der Waals surface area contributed by atoms with Crippen molar-refractivity contribution in [3.05, 3.63) is 56.0 Å². The smallest absolute Gasteiger partial charge is 0.408 e. The Morgan fingerprint density at radius 2 is 1.79 bits per heavy atom. The van der Waals surface area contributed by atoms with Gasteiger partial charge in [-0.3, -0.25) is 14.9 Å². The molecule has 0 saturated heterocycles. The van der Waals surface area contributed by atoms with Crippen LogP contribution in [0.3, 0.4) is 0 Å². The molecule has 2 atom stereocenters. The van der Waals surface area contributed by atoms with Crippen LogP contribution in [0.2, 0.25) is 0 Å². The molecule has 1 unspecified atom stereocenters. The first-order valence-electron chi connectivity index (χ1n) is 10.9. The van der Waals surface area contributed by atoms with E-state index in [2.05, 4.69) is 15.6 Å². The number of nitro benzene ring substituents is 1. The molecule has 188 valence electrons. The molecule has 2 N–H and O–H groups in total. The number of hydrogen-bond donors (Lipinski definition) is 2. The SMILES string of the molecule is C.CCc1csc([C@H](Cc2ccc([N+](=O)[O-])cc2)NC(=O)C(NC(=O)OC(C)(C)C)C(C)C)n1. The summed E-state index contributed by atoms with van der Waals surface area (Å²) in [5.74, 6) is -0.531. The summed E-state index contributed by atoms with van der Waals surface area (Å²) in [7, 11) is 0. The van der Waals surface area contributed by atoms with E-state index in [-0.39, 0.29) is 24.9 Å². The molecule has 1 heterocycles. The van der Waals surface area contributed by atoms with Gasteiger partial charge in [0.2, 0.25) is 5.91 Å². The average molecular weight is 493 g/mol. The molecule has 2 amide bonds. The Bertz CT molecular complexity index is 966. The van der Waals surface area contributed by atoms with Crippen LogP contribution in [0.1, 0.15) is 71.3 Å². The molecule has 0 bridgehead atoms. The van der Waals surface area contributed by atoms with Crippen LogP contribution in [0.5, 0.6) is 0 Å². The number of aryl methyl sites for hydroxylation is 1. The molecule has 10 heteroatoms. The van der Waals surface area contributed by atoms with Crippen LogP contribution in [0.25, 0.3) is 0 Å². The zero-order valence-electron chi connectivity index (χ0n) is 19.9. The number of amides is 2. The van der Waals surface area contributed by atoms with Gasteiger partial charge in [0.1, 0.15) is 16.7 Å². The summed E-state index contributed by atoms with van der Waals surface area (Å²) in [6.07, 6.45) is 0.507. The van der Waals surface area contributed by atoms with Gasteiger partial charge in [-0.2, -0.15) is 0 Å². The molecule has 0 aliphatic heterocycles. The van der Waals surface area contributed by atoms with Crippen molar-refractivity contribution in [1.29, 1.82) is 0 Å². The summed E-state index contributed by atoms with van der Waals surface area (Å²) in [6.45, 7) is 10.9. The highest BCUT2D eigenvalue weighted by molar-refractivity contribution is 7.09. The zero-order chi connectivity index (χ0) is 24.8. The fourth-order valence-corrected chi connectivity index (χ4v) is 4.02. The lowest BCUT2D eigenvalue weighted by Crippen LogP contribution is -2.51. The van der Waals surface area contributed by atoms with Crippen LogP contribution in [-0.2, 0) is 22.4 Å². The van der Waals surface area contributed by atoms with Gasteiger partial charge in [-0.1, -0.05) is 40.3 Å². The Morgan fingerprint density at radius 3 is 2.26 bits per heavy atom. The Morgan fingerprint density at radius 1 is 1.18 bits per heavy atom. The number of carbonyl (C=O) groups is 2. The van der Waals surface area contributed by atoms with Crippen molar-refractivity contribution >= 4 is 29.0 Å². The van der Waals surface area contributed by atoms with Gasteiger partial charge in [-0.05, 0) is 45.1 Å². The number of non-ortho nitro benzene ring substituents is 1. The van der Waals surface area contributed by atoms with E-state index in [0.29, 0.717) is 6.42 Å². The highest BCUT2D eigenvalue weighted by Crippen LogP contribution is 2.24. The number of benzene rings is 1. The van der Waals surface area contributed by atoms with E-state index in [9.17, 15) is 19.7 Å². The molecule has 9 nitrogen and oxygen atoms in total. The van der Waals surface area contributed by atoms with Crippen molar-refractivity contribution in [1.82, 2.24) is 15.6 Å². The summed E-state index contributed by atoms with van der Waals surface area (Å²) in [5.41, 5.74) is 1.06. The van der Waals surface area contributed by atoms with Gasteiger partial charge >= 0.3 is 6.09 Å². The summed E-state index contributed by atoms with van der Waals surface area (Å²) >= 11 is 1.45. The van der Waals surface area contributed by atoms with Crippen molar-refractivity contribution < 1.29 is 19.2 Å². The number of ether oxygens (including phenoxy) is 1. The normalized spacial score (nSPS) is 12.9. The van der Waals surface area contributed by atoms with Crippen LogP contribution in [-0.4, -0.2) is 33.6 Å². The lowest BCUT2D eigenvalue weighted by Gasteiger charge is -2.27. The third kappa shape index (κ3) is 8.74. The van der Waals surface area contributed by atoms with Crippen LogP contribution in [0.4, 0.5) is 10.5 Å². The third-order valence-corrected chi connectivity index (χ3v) is 5.76. The Labute approximate surface area is 205 Å². The van der Waals surface area contributed by atoms with Gasteiger partial charge in [0.15, 0.2) is 0 Å². The van der Waals surface area contributed by atoms with Crippen molar-refractivity contribution in [2.24, 2.45) is 5.92 Å². The van der Waals surface area contributed by atoms with E-state index in [0.717, 1.165) is 22.7 Å².